The number of hydrogen-bond donors (Lipinski definition) is 1. The Hall–Kier alpha value is -3.14. The molecular weight excluding hydrogens is 398 g/mol. The van der Waals surface area contributed by atoms with Gasteiger partial charge in [0.1, 0.15) is 11.8 Å². The van der Waals surface area contributed by atoms with Crippen LogP contribution in [-0.2, 0) is 14.8 Å². The van der Waals surface area contributed by atoms with Gasteiger partial charge in [0.25, 0.3) is 5.69 Å². The Morgan fingerprint density at radius 1 is 1.24 bits per heavy atom. The molecule has 0 unspecified atom stereocenters. The van der Waals surface area contributed by atoms with Gasteiger partial charge in [-0.15, -0.1) is 0 Å². The number of aryl methyl sites for hydroxylation is 1. The standard InChI is InChI=1S/C19H23N3O6S/c1-5-28-17-10-8-15(9-11-17)21(29(4,26)27)14(3)19(23)20-18-12-16(22(24)25)7-6-13(18)2/h6-12,14H,5H2,1-4H3,(H,20,23)/t14-/m1/s1. The molecule has 0 fully saturated rings. The molecule has 2 aromatic carbocycles. The van der Waals surface area contributed by atoms with E-state index in [1.807, 2.05) is 6.92 Å². The van der Waals surface area contributed by atoms with E-state index in [1.54, 1.807) is 31.2 Å². The topological polar surface area (TPSA) is 119 Å². The lowest BCUT2D eigenvalue weighted by Gasteiger charge is -2.28. The molecule has 0 aliphatic rings. The van der Waals surface area contributed by atoms with E-state index in [0.29, 0.717) is 23.6 Å². The average Bonchev–Trinajstić information content (AvgIpc) is 2.64. The highest BCUT2D eigenvalue weighted by Gasteiger charge is 2.29. The highest BCUT2D eigenvalue weighted by atomic mass is 32.2. The van der Waals surface area contributed by atoms with Gasteiger partial charge in [-0.3, -0.25) is 19.2 Å². The van der Waals surface area contributed by atoms with E-state index in [4.69, 9.17) is 4.74 Å². The number of nitro benzene ring substituents is 1. The molecule has 1 N–H and O–H groups in total. The molecule has 0 radical (unpaired) electrons. The minimum Gasteiger partial charge on any atom is -0.494 e. The summed E-state index contributed by atoms with van der Waals surface area (Å²) in [7, 11) is -3.79. The third-order valence-electron chi connectivity index (χ3n) is 4.18. The molecule has 0 spiro atoms. The SMILES string of the molecule is CCOc1ccc(N([C@H](C)C(=O)Nc2cc([N+](=O)[O-])ccc2C)S(C)(=O)=O)cc1. The molecule has 10 heteroatoms. The molecule has 0 aliphatic heterocycles. The maximum absolute atomic E-state index is 12.8. The first kappa shape index (κ1) is 22.2. The second-order valence-corrected chi connectivity index (χ2v) is 8.27. The van der Waals surface area contributed by atoms with E-state index in [-0.39, 0.29) is 11.4 Å². The van der Waals surface area contributed by atoms with Gasteiger partial charge in [0, 0.05) is 12.1 Å². The van der Waals surface area contributed by atoms with Gasteiger partial charge in [0.2, 0.25) is 15.9 Å². The zero-order valence-corrected chi connectivity index (χ0v) is 17.4. The van der Waals surface area contributed by atoms with Crippen LogP contribution < -0.4 is 14.4 Å². The van der Waals surface area contributed by atoms with Crippen LogP contribution in [0.4, 0.5) is 17.1 Å². The van der Waals surface area contributed by atoms with Crippen LogP contribution >= 0.6 is 0 Å². The number of ether oxygens (including phenoxy) is 1. The fourth-order valence-corrected chi connectivity index (χ4v) is 3.93. The molecule has 1 atom stereocenters. The summed E-state index contributed by atoms with van der Waals surface area (Å²) in [5.41, 5.74) is 0.985. The number of nitro groups is 1. The maximum atomic E-state index is 12.8. The summed E-state index contributed by atoms with van der Waals surface area (Å²) >= 11 is 0. The van der Waals surface area contributed by atoms with Crippen LogP contribution in [0, 0.1) is 17.0 Å². The smallest absolute Gasteiger partial charge is 0.271 e. The highest BCUT2D eigenvalue weighted by Crippen LogP contribution is 2.26. The summed E-state index contributed by atoms with van der Waals surface area (Å²) < 4.78 is 31.1. The van der Waals surface area contributed by atoms with Crippen molar-refractivity contribution in [2.24, 2.45) is 0 Å². The van der Waals surface area contributed by atoms with Gasteiger partial charge in [0.05, 0.1) is 29.2 Å². The minimum absolute atomic E-state index is 0.176. The lowest BCUT2D eigenvalue weighted by molar-refractivity contribution is -0.384. The Bertz CT molecular complexity index is 1010. The van der Waals surface area contributed by atoms with Crippen molar-refractivity contribution in [2.45, 2.75) is 26.8 Å². The van der Waals surface area contributed by atoms with Crippen LogP contribution in [0.25, 0.3) is 0 Å². The van der Waals surface area contributed by atoms with Crippen molar-refractivity contribution in [3.8, 4) is 5.75 Å². The van der Waals surface area contributed by atoms with Crippen LogP contribution in [0.3, 0.4) is 0 Å². The normalized spacial score (nSPS) is 12.1. The Labute approximate surface area is 169 Å². The largest absolute Gasteiger partial charge is 0.494 e. The molecule has 1 amide bonds. The number of amides is 1. The summed E-state index contributed by atoms with van der Waals surface area (Å²) in [4.78, 5) is 23.2. The molecule has 0 aliphatic carbocycles. The molecule has 0 saturated carbocycles. The quantitative estimate of drug-likeness (QED) is 0.517. The monoisotopic (exact) mass is 421 g/mol. The Morgan fingerprint density at radius 3 is 2.38 bits per heavy atom. The Kier molecular flexibility index (Phi) is 6.80. The molecule has 2 rings (SSSR count). The van der Waals surface area contributed by atoms with E-state index in [0.717, 1.165) is 10.6 Å². The van der Waals surface area contributed by atoms with Crippen molar-refractivity contribution in [1.82, 2.24) is 0 Å². The van der Waals surface area contributed by atoms with E-state index >= 15 is 0 Å². The zero-order chi connectivity index (χ0) is 21.8. The van der Waals surface area contributed by atoms with Gasteiger partial charge in [0.15, 0.2) is 0 Å². The number of nitrogens with zero attached hydrogens (tertiary/aromatic N) is 2. The molecule has 0 heterocycles. The number of benzene rings is 2. The number of hydrogen-bond acceptors (Lipinski definition) is 6. The van der Waals surface area contributed by atoms with E-state index in [1.165, 1.54) is 25.1 Å². The van der Waals surface area contributed by atoms with Crippen LogP contribution in [0.2, 0.25) is 0 Å². The molecular formula is C19H23N3O6S. The number of carbonyl (C=O) groups is 1. The summed E-state index contributed by atoms with van der Waals surface area (Å²) in [6, 6.07) is 9.32. The van der Waals surface area contributed by atoms with Crippen molar-refractivity contribution in [2.75, 3.05) is 22.5 Å². The molecule has 156 valence electrons. The fourth-order valence-electron chi connectivity index (χ4n) is 2.76. The minimum atomic E-state index is -3.79. The average molecular weight is 421 g/mol. The van der Waals surface area contributed by atoms with Gasteiger partial charge in [-0.1, -0.05) is 6.07 Å². The van der Waals surface area contributed by atoms with Crippen LogP contribution in [0.5, 0.6) is 5.75 Å². The van der Waals surface area contributed by atoms with Crippen LogP contribution in [0.1, 0.15) is 19.4 Å². The molecule has 0 aromatic heterocycles. The van der Waals surface area contributed by atoms with Gasteiger partial charge < -0.3 is 10.1 Å². The zero-order valence-electron chi connectivity index (χ0n) is 16.6. The lowest BCUT2D eigenvalue weighted by atomic mass is 10.1. The summed E-state index contributed by atoms with van der Waals surface area (Å²) in [6.07, 6.45) is 1.01. The predicted octanol–water partition coefficient (Wildman–Crippen LogP) is 3.10. The summed E-state index contributed by atoms with van der Waals surface area (Å²) in [6.45, 7) is 5.43. The molecule has 2 aromatic rings. The van der Waals surface area contributed by atoms with Gasteiger partial charge in [-0.2, -0.15) is 0 Å². The number of nitrogens with one attached hydrogen (secondary N) is 1. The van der Waals surface area contributed by atoms with E-state index < -0.39 is 26.9 Å². The lowest BCUT2D eigenvalue weighted by Crippen LogP contribution is -2.45. The van der Waals surface area contributed by atoms with Crippen LogP contribution in [-0.4, -0.2) is 38.2 Å². The van der Waals surface area contributed by atoms with Crippen LogP contribution in [0.15, 0.2) is 42.5 Å². The van der Waals surface area contributed by atoms with Gasteiger partial charge >= 0.3 is 0 Å². The van der Waals surface area contributed by atoms with Crippen molar-refractivity contribution in [3.63, 3.8) is 0 Å². The molecule has 9 nitrogen and oxygen atoms in total. The molecule has 29 heavy (non-hydrogen) atoms. The second kappa shape index (κ2) is 8.91. The second-order valence-electron chi connectivity index (χ2n) is 6.41. The molecule has 0 saturated heterocycles. The number of anilines is 2. The van der Waals surface area contributed by atoms with E-state index in [9.17, 15) is 23.3 Å². The first-order valence-electron chi connectivity index (χ1n) is 8.82. The number of carbonyl (C=O) groups excluding carboxylic acids is 1. The summed E-state index contributed by atoms with van der Waals surface area (Å²) in [5.74, 6) is -0.0399. The number of sulfonamides is 1. The third-order valence-corrected chi connectivity index (χ3v) is 5.42. The first-order chi connectivity index (χ1) is 13.5. The molecule has 0 bridgehead atoms. The Balaban J connectivity index is 2.32. The van der Waals surface area contributed by atoms with Crippen molar-refractivity contribution in [1.29, 1.82) is 0 Å². The van der Waals surface area contributed by atoms with E-state index in [2.05, 4.69) is 5.32 Å². The maximum Gasteiger partial charge on any atom is 0.271 e. The number of rotatable bonds is 8. The van der Waals surface area contributed by atoms with Gasteiger partial charge in [-0.05, 0) is 50.6 Å². The predicted molar refractivity (Wildman–Crippen MR) is 111 cm³/mol. The fraction of sp³-hybridized carbons (Fsp3) is 0.316. The van der Waals surface area contributed by atoms with Crippen molar-refractivity contribution < 1.29 is 22.9 Å². The summed E-state index contributed by atoms with van der Waals surface area (Å²) in [5, 5.41) is 13.6. The first-order valence-corrected chi connectivity index (χ1v) is 10.7. The number of non-ortho nitro benzene ring substituents is 1. The van der Waals surface area contributed by atoms with Crippen molar-refractivity contribution in [3.05, 3.63) is 58.1 Å². The van der Waals surface area contributed by atoms with Gasteiger partial charge in [-0.25, -0.2) is 8.42 Å². The third kappa shape index (κ3) is 5.44. The highest BCUT2D eigenvalue weighted by molar-refractivity contribution is 7.92. The van der Waals surface area contributed by atoms with Crippen molar-refractivity contribution >= 4 is 33.0 Å². The Morgan fingerprint density at radius 2 is 1.86 bits per heavy atom.